The van der Waals surface area contributed by atoms with Gasteiger partial charge in [0.2, 0.25) is 0 Å². The molecule has 0 saturated heterocycles. The predicted molar refractivity (Wildman–Crippen MR) is 150 cm³/mol. The Morgan fingerprint density at radius 3 is 2.54 bits per heavy atom. The number of ketones is 1. The zero-order valence-electron chi connectivity index (χ0n) is 22.8. The van der Waals surface area contributed by atoms with Crippen LogP contribution in [0.15, 0.2) is 53.6 Å². The van der Waals surface area contributed by atoms with E-state index in [2.05, 4.69) is 27.5 Å². The number of hydrogen-bond donors (Lipinski definition) is 1. The largest absolute Gasteiger partial charge is 0.328 e. The lowest BCUT2D eigenvalue weighted by Crippen LogP contribution is -2.34. The van der Waals surface area contributed by atoms with Crippen LogP contribution in [0.2, 0.25) is 0 Å². The predicted octanol–water partition coefficient (Wildman–Crippen LogP) is 5.38. The average Bonchev–Trinajstić information content (AvgIpc) is 3.57. The fourth-order valence-electron chi connectivity index (χ4n) is 5.83. The van der Waals surface area contributed by atoms with E-state index in [0.717, 1.165) is 85.9 Å². The first-order chi connectivity index (χ1) is 19.1. The summed E-state index contributed by atoms with van der Waals surface area (Å²) in [7, 11) is 0. The SMILES string of the molecule is CCCCc1cn(C2CCCCCCC2C(C)=O)c(=O)n1Cc1ccc(-c2ccccc2-c2nnn[nH]2)nc1. The van der Waals surface area contributed by atoms with Crippen LogP contribution < -0.4 is 5.69 Å². The van der Waals surface area contributed by atoms with Crippen molar-refractivity contribution in [1.29, 1.82) is 0 Å². The van der Waals surface area contributed by atoms with E-state index in [4.69, 9.17) is 4.98 Å². The smallest absolute Gasteiger partial charge is 0.300 e. The molecule has 1 N–H and O–H groups in total. The van der Waals surface area contributed by atoms with Gasteiger partial charge in [0.1, 0.15) is 5.78 Å². The van der Waals surface area contributed by atoms with Crippen molar-refractivity contribution in [1.82, 2.24) is 34.7 Å². The van der Waals surface area contributed by atoms with Crippen molar-refractivity contribution in [3.63, 3.8) is 0 Å². The van der Waals surface area contributed by atoms with Gasteiger partial charge in [-0.1, -0.05) is 69.4 Å². The minimum absolute atomic E-state index is 0.0230. The molecule has 9 heteroatoms. The molecule has 1 fully saturated rings. The van der Waals surface area contributed by atoms with E-state index in [1.54, 1.807) is 6.92 Å². The molecule has 204 valence electrons. The summed E-state index contributed by atoms with van der Waals surface area (Å²) in [6, 6.07) is 11.8. The minimum Gasteiger partial charge on any atom is -0.300 e. The number of benzene rings is 1. The first kappa shape index (κ1) is 26.7. The topological polar surface area (TPSA) is 111 Å². The number of aromatic amines is 1. The number of nitrogens with one attached hydrogen (secondary N) is 1. The van der Waals surface area contributed by atoms with Crippen LogP contribution in [0.4, 0.5) is 0 Å². The van der Waals surface area contributed by atoms with Crippen LogP contribution in [0.5, 0.6) is 0 Å². The molecule has 2 unspecified atom stereocenters. The first-order valence-corrected chi connectivity index (χ1v) is 14.2. The Bertz CT molecular complexity index is 1440. The lowest BCUT2D eigenvalue weighted by molar-refractivity contribution is -0.122. The highest BCUT2D eigenvalue weighted by molar-refractivity contribution is 5.79. The fraction of sp³-hybridized carbons (Fsp3) is 0.467. The van der Waals surface area contributed by atoms with Crippen LogP contribution in [0.3, 0.4) is 0 Å². The Balaban J connectivity index is 1.45. The standard InChI is InChI=1S/C30H37N7O2/c1-3-4-11-23-20-37(28-15-8-6-5-7-12-24(28)21(2)38)30(39)36(23)19-22-16-17-27(31-18-22)25-13-9-10-14-26(25)29-32-34-35-33-29/h9-10,13-14,16-18,20,24,28H,3-8,11-12,15,19H2,1-2H3,(H,32,33,34,35). The van der Waals surface area contributed by atoms with Crippen molar-refractivity contribution in [2.24, 2.45) is 5.92 Å². The van der Waals surface area contributed by atoms with Crippen LogP contribution >= 0.6 is 0 Å². The molecule has 0 aliphatic heterocycles. The van der Waals surface area contributed by atoms with Crippen molar-refractivity contribution in [3.8, 4) is 22.6 Å². The molecule has 0 bridgehead atoms. The summed E-state index contributed by atoms with van der Waals surface area (Å²) in [4.78, 5) is 31.2. The number of carbonyl (C=O) groups excluding carboxylic acids is 1. The highest BCUT2D eigenvalue weighted by atomic mass is 16.2. The van der Waals surface area contributed by atoms with Gasteiger partial charge in [0.25, 0.3) is 0 Å². The second kappa shape index (κ2) is 12.3. The van der Waals surface area contributed by atoms with Gasteiger partial charge in [-0.25, -0.2) is 9.89 Å². The van der Waals surface area contributed by atoms with Gasteiger partial charge in [-0.2, -0.15) is 0 Å². The van der Waals surface area contributed by atoms with E-state index in [-0.39, 0.29) is 23.4 Å². The van der Waals surface area contributed by atoms with E-state index in [9.17, 15) is 9.59 Å². The summed E-state index contributed by atoms with van der Waals surface area (Å²) >= 11 is 0. The molecular formula is C30H37N7O2. The quantitative estimate of drug-likeness (QED) is 0.313. The molecule has 3 aromatic heterocycles. The monoisotopic (exact) mass is 527 g/mol. The van der Waals surface area contributed by atoms with Crippen molar-refractivity contribution in [2.45, 2.75) is 84.2 Å². The fourth-order valence-corrected chi connectivity index (χ4v) is 5.83. The normalized spacial score (nSPS) is 18.0. The van der Waals surface area contributed by atoms with Crippen LogP contribution in [0, 0.1) is 5.92 Å². The van der Waals surface area contributed by atoms with Gasteiger partial charge >= 0.3 is 5.69 Å². The molecule has 5 rings (SSSR count). The number of rotatable bonds is 9. The molecular weight excluding hydrogens is 490 g/mol. The van der Waals surface area contributed by atoms with Crippen molar-refractivity contribution >= 4 is 5.78 Å². The molecule has 2 atom stereocenters. The highest BCUT2D eigenvalue weighted by Gasteiger charge is 2.30. The third-order valence-corrected chi connectivity index (χ3v) is 7.95. The maximum atomic E-state index is 13.9. The van der Waals surface area contributed by atoms with E-state index >= 15 is 0 Å². The molecule has 1 aromatic carbocycles. The molecule has 0 radical (unpaired) electrons. The Labute approximate surface area is 228 Å². The molecule has 1 aliphatic carbocycles. The van der Waals surface area contributed by atoms with Gasteiger partial charge in [-0.05, 0) is 54.7 Å². The molecule has 0 amide bonds. The lowest BCUT2D eigenvalue weighted by Gasteiger charge is -2.28. The average molecular weight is 528 g/mol. The third-order valence-electron chi connectivity index (χ3n) is 7.95. The summed E-state index contributed by atoms with van der Waals surface area (Å²) in [5.74, 6) is 0.680. The Morgan fingerprint density at radius 2 is 1.85 bits per heavy atom. The van der Waals surface area contributed by atoms with Gasteiger partial charge < -0.3 is 0 Å². The summed E-state index contributed by atoms with van der Waals surface area (Å²) in [6.45, 7) is 4.29. The van der Waals surface area contributed by atoms with Crippen LogP contribution in [-0.2, 0) is 17.8 Å². The van der Waals surface area contributed by atoms with Crippen LogP contribution in [-0.4, -0.2) is 40.5 Å². The molecule has 39 heavy (non-hydrogen) atoms. The van der Waals surface area contributed by atoms with Gasteiger partial charge in [0.05, 0.1) is 12.2 Å². The number of aryl methyl sites for hydroxylation is 1. The van der Waals surface area contributed by atoms with Gasteiger partial charge in [-0.15, -0.1) is 5.10 Å². The number of imidazole rings is 1. The van der Waals surface area contributed by atoms with Gasteiger partial charge in [0.15, 0.2) is 5.82 Å². The second-order valence-corrected chi connectivity index (χ2v) is 10.6. The number of nitrogens with zero attached hydrogens (tertiary/aromatic N) is 6. The number of tetrazole rings is 1. The van der Waals surface area contributed by atoms with Crippen LogP contribution in [0.25, 0.3) is 22.6 Å². The Kier molecular flexibility index (Phi) is 8.44. The maximum Gasteiger partial charge on any atom is 0.328 e. The molecule has 3 heterocycles. The second-order valence-electron chi connectivity index (χ2n) is 10.6. The number of hydrogen-bond acceptors (Lipinski definition) is 6. The number of carbonyl (C=O) groups is 1. The Morgan fingerprint density at radius 1 is 1.05 bits per heavy atom. The molecule has 1 saturated carbocycles. The third kappa shape index (κ3) is 5.92. The molecule has 1 aliphatic rings. The lowest BCUT2D eigenvalue weighted by atomic mass is 9.84. The molecule has 9 nitrogen and oxygen atoms in total. The minimum atomic E-state index is -0.0987. The number of Topliss-reactive ketones (excluding diaryl/α,β-unsaturated/α-hetero) is 1. The molecule has 4 aromatic rings. The summed E-state index contributed by atoms with van der Waals surface area (Å²) in [6.07, 6.45) is 12.9. The van der Waals surface area contributed by atoms with Crippen molar-refractivity contribution in [3.05, 3.63) is 70.5 Å². The zero-order chi connectivity index (χ0) is 27.2. The van der Waals surface area contributed by atoms with Gasteiger partial charge in [-0.3, -0.25) is 18.9 Å². The zero-order valence-corrected chi connectivity index (χ0v) is 22.8. The number of unbranched alkanes of at least 4 members (excludes halogenated alkanes) is 1. The first-order valence-electron chi connectivity index (χ1n) is 14.2. The van der Waals surface area contributed by atoms with E-state index in [0.29, 0.717) is 12.4 Å². The van der Waals surface area contributed by atoms with Gasteiger partial charge in [0, 0.05) is 41.2 Å². The van der Waals surface area contributed by atoms with Crippen LogP contribution in [0.1, 0.15) is 82.5 Å². The van der Waals surface area contributed by atoms with E-state index in [1.165, 1.54) is 0 Å². The summed E-state index contributed by atoms with van der Waals surface area (Å²) in [5.41, 5.74) is 4.56. The number of pyridine rings is 1. The van der Waals surface area contributed by atoms with E-state index < -0.39 is 0 Å². The van der Waals surface area contributed by atoms with Crippen molar-refractivity contribution < 1.29 is 4.79 Å². The van der Waals surface area contributed by atoms with Crippen molar-refractivity contribution in [2.75, 3.05) is 0 Å². The highest BCUT2D eigenvalue weighted by Crippen LogP contribution is 2.32. The van der Waals surface area contributed by atoms with E-state index in [1.807, 2.05) is 57.9 Å². The molecule has 0 spiro atoms. The Hall–Kier alpha value is -3.88. The number of H-pyrrole nitrogens is 1. The number of aromatic nitrogens is 7. The summed E-state index contributed by atoms with van der Waals surface area (Å²) < 4.78 is 3.77. The summed E-state index contributed by atoms with van der Waals surface area (Å²) in [5, 5.41) is 14.3. The maximum absolute atomic E-state index is 13.9.